The summed E-state index contributed by atoms with van der Waals surface area (Å²) in [6.07, 6.45) is 1.75. The number of aryl methyl sites for hydroxylation is 2. The maximum atomic E-state index is 4.62. The topological polar surface area (TPSA) is 105 Å². The molecule has 8 nitrogen and oxygen atoms in total. The number of tetrazole rings is 1. The molecule has 0 aliphatic carbocycles. The van der Waals surface area contributed by atoms with Crippen LogP contribution in [0.25, 0.3) is 22.6 Å². The van der Waals surface area contributed by atoms with Crippen LogP contribution >= 0.6 is 0 Å². The van der Waals surface area contributed by atoms with Gasteiger partial charge < -0.3 is 5.32 Å². The number of benzene rings is 1. The van der Waals surface area contributed by atoms with Crippen LogP contribution in [0.15, 0.2) is 48.7 Å². The lowest BCUT2D eigenvalue weighted by atomic mass is 10.1. The van der Waals surface area contributed by atoms with Crippen LogP contribution in [-0.4, -0.2) is 35.6 Å². The fraction of sp³-hybridized carbons (Fsp3) is 0.158. The molecule has 27 heavy (non-hydrogen) atoms. The van der Waals surface area contributed by atoms with Crippen molar-refractivity contribution in [1.29, 1.82) is 0 Å². The number of aromatic nitrogens is 7. The number of nitrogens with one attached hydrogen (secondary N) is 2. The molecule has 0 atom stereocenters. The van der Waals surface area contributed by atoms with Gasteiger partial charge in [-0.25, -0.2) is 9.97 Å². The van der Waals surface area contributed by atoms with Crippen molar-refractivity contribution < 1.29 is 0 Å². The number of anilines is 1. The third-order valence-electron chi connectivity index (χ3n) is 4.14. The van der Waals surface area contributed by atoms with E-state index in [1.165, 1.54) is 0 Å². The van der Waals surface area contributed by atoms with Crippen molar-refractivity contribution in [3.8, 4) is 22.6 Å². The highest BCUT2D eigenvalue weighted by molar-refractivity contribution is 5.62. The molecule has 3 heterocycles. The maximum Gasteiger partial charge on any atom is 0.223 e. The molecule has 8 heteroatoms. The predicted octanol–water partition coefficient (Wildman–Crippen LogP) is 2.95. The first-order valence-electron chi connectivity index (χ1n) is 8.53. The second-order valence-corrected chi connectivity index (χ2v) is 6.14. The molecule has 0 saturated carbocycles. The molecule has 0 bridgehead atoms. The molecule has 3 aromatic heterocycles. The zero-order valence-corrected chi connectivity index (χ0v) is 15.0. The molecular formula is C19H18N8. The fourth-order valence-electron chi connectivity index (χ4n) is 2.84. The fourth-order valence-corrected chi connectivity index (χ4v) is 2.84. The van der Waals surface area contributed by atoms with Crippen LogP contribution in [0.3, 0.4) is 0 Å². The van der Waals surface area contributed by atoms with E-state index in [1.54, 1.807) is 6.20 Å². The first kappa shape index (κ1) is 16.8. The molecule has 0 aliphatic rings. The monoisotopic (exact) mass is 358 g/mol. The van der Waals surface area contributed by atoms with Gasteiger partial charge in [0.2, 0.25) is 11.8 Å². The van der Waals surface area contributed by atoms with Crippen molar-refractivity contribution in [2.24, 2.45) is 0 Å². The summed E-state index contributed by atoms with van der Waals surface area (Å²) in [4.78, 5) is 13.4. The number of hydrogen-bond acceptors (Lipinski definition) is 7. The standard InChI is InChI=1S/C19H18N8/c1-12-6-7-16(13(2)22-12)17-8-9-20-19(23-17)21-11-14-4-3-5-15(10-14)18-24-26-27-25-18/h3-10H,11H2,1-2H3,(H,20,21,23)(H,24,25,26,27). The Hall–Kier alpha value is -3.68. The summed E-state index contributed by atoms with van der Waals surface area (Å²) in [5.74, 6) is 1.13. The second-order valence-electron chi connectivity index (χ2n) is 6.14. The maximum absolute atomic E-state index is 4.62. The van der Waals surface area contributed by atoms with Gasteiger partial charge in [-0.2, -0.15) is 5.21 Å². The van der Waals surface area contributed by atoms with E-state index >= 15 is 0 Å². The van der Waals surface area contributed by atoms with E-state index in [2.05, 4.69) is 40.9 Å². The number of hydrogen-bond donors (Lipinski definition) is 2. The molecule has 0 aliphatic heterocycles. The van der Waals surface area contributed by atoms with E-state index in [0.29, 0.717) is 18.3 Å². The van der Waals surface area contributed by atoms with Crippen molar-refractivity contribution in [3.05, 3.63) is 65.6 Å². The average molecular weight is 358 g/mol. The highest BCUT2D eigenvalue weighted by Crippen LogP contribution is 2.21. The molecule has 0 saturated heterocycles. The predicted molar refractivity (Wildman–Crippen MR) is 102 cm³/mol. The lowest BCUT2D eigenvalue weighted by molar-refractivity contribution is 0.881. The Morgan fingerprint density at radius 1 is 1.04 bits per heavy atom. The van der Waals surface area contributed by atoms with Crippen LogP contribution in [0.5, 0.6) is 0 Å². The van der Waals surface area contributed by atoms with Gasteiger partial charge in [0, 0.05) is 35.3 Å². The Morgan fingerprint density at radius 2 is 1.96 bits per heavy atom. The lowest BCUT2D eigenvalue weighted by Crippen LogP contribution is -2.04. The van der Waals surface area contributed by atoms with Crippen LogP contribution in [0.2, 0.25) is 0 Å². The Bertz CT molecular complexity index is 1060. The second kappa shape index (κ2) is 7.28. The van der Waals surface area contributed by atoms with E-state index in [9.17, 15) is 0 Å². The Kier molecular flexibility index (Phi) is 4.52. The Labute approximate surface area is 156 Å². The van der Waals surface area contributed by atoms with Crippen molar-refractivity contribution in [3.63, 3.8) is 0 Å². The van der Waals surface area contributed by atoms with E-state index in [1.807, 2.05) is 56.3 Å². The van der Waals surface area contributed by atoms with Crippen LogP contribution in [0.4, 0.5) is 5.95 Å². The lowest BCUT2D eigenvalue weighted by Gasteiger charge is -2.09. The van der Waals surface area contributed by atoms with E-state index in [-0.39, 0.29) is 0 Å². The van der Waals surface area contributed by atoms with Crippen LogP contribution in [0.1, 0.15) is 17.0 Å². The first-order valence-corrected chi connectivity index (χ1v) is 8.53. The van der Waals surface area contributed by atoms with E-state index in [4.69, 9.17) is 0 Å². The molecule has 0 unspecified atom stereocenters. The zero-order valence-electron chi connectivity index (χ0n) is 15.0. The number of H-pyrrole nitrogens is 1. The van der Waals surface area contributed by atoms with Gasteiger partial charge in [-0.1, -0.05) is 18.2 Å². The minimum atomic E-state index is 0.567. The van der Waals surface area contributed by atoms with Crippen LogP contribution in [0, 0.1) is 13.8 Å². The molecule has 0 spiro atoms. The van der Waals surface area contributed by atoms with E-state index in [0.717, 1.165) is 33.8 Å². The quantitative estimate of drug-likeness (QED) is 0.565. The summed E-state index contributed by atoms with van der Waals surface area (Å²) >= 11 is 0. The molecular weight excluding hydrogens is 340 g/mol. The van der Waals surface area contributed by atoms with Crippen LogP contribution < -0.4 is 5.32 Å². The smallest absolute Gasteiger partial charge is 0.223 e. The van der Waals surface area contributed by atoms with Gasteiger partial charge in [0.25, 0.3) is 0 Å². The normalized spacial score (nSPS) is 10.7. The third-order valence-corrected chi connectivity index (χ3v) is 4.14. The third kappa shape index (κ3) is 3.79. The van der Waals surface area contributed by atoms with Gasteiger partial charge in [0.05, 0.1) is 5.69 Å². The molecule has 0 amide bonds. The minimum Gasteiger partial charge on any atom is -0.350 e. The van der Waals surface area contributed by atoms with Crippen molar-refractivity contribution in [2.75, 3.05) is 5.32 Å². The Balaban J connectivity index is 1.52. The number of rotatable bonds is 5. The summed E-state index contributed by atoms with van der Waals surface area (Å²) in [6, 6.07) is 13.9. The van der Waals surface area contributed by atoms with Gasteiger partial charge in [-0.3, -0.25) is 4.98 Å². The van der Waals surface area contributed by atoms with Crippen molar-refractivity contribution in [1.82, 2.24) is 35.6 Å². The summed E-state index contributed by atoms with van der Waals surface area (Å²) < 4.78 is 0. The largest absolute Gasteiger partial charge is 0.350 e. The molecule has 1 aromatic carbocycles. The summed E-state index contributed by atoms with van der Waals surface area (Å²) in [5, 5.41) is 17.3. The first-order chi connectivity index (χ1) is 13.2. The summed E-state index contributed by atoms with van der Waals surface area (Å²) in [6.45, 7) is 4.55. The molecule has 0 fully saturated rings. The Morgan fingerprint density at radius 3 is 2.78 bits per heavy atom. The molecule has 134 valence electrons. The van der Waals surface area contributed by atoms with Crippen LogP contribution in [-0.2, 0) is 6.54 Å². The zero-order chi connectivity index (χ0) is 18.6. The van der Waals surface area contributed by atoms with Gasteiger partial charge >= 0.3 is 0 Å². The van der Waals surface area contributed by atoms with Gasteiger partial charge in [-0.05, 0) is 48.9 Å². The van der Waals surface area contributed by atoms with Gasteiger partial charge in [0.15, 0.2) is 0 Å². The minimum absolute atomic E-state index is 0.567. The molecule has 4 rings (SSSR count). The highest BCUT2D eigenvalue weighted by Gasteiger charge is 2.07. The van der Waals surface area contributed by atoms with Gasteiger partial charge in [0.1, 0.15) is 0 Å². The number of nitrogens with zero attached hydrogens (tertiary/aromatic N) is 6. The summed E-state index contributed by atoms with van der Waals surface area (Å²) in [5.41, 5.74) is 5.76. The molecule has 4 aromatic rings. The van der Waals surface area contributed by atoms with Gasteiger partial charge in [-0.15, -0.1) is 10.2 Å². The molecule has 2 N–H and O–H groups in total. The number of pyridine rings is 1. The van der Waals surface area contributed by atoms with Crippen molar-refractivity contribution in [2.45, 2.75) is 20.4 Å². The highest BCUT2D eigenvalue weighted by atomic mass is 15.5. The average Bonchev–Trinajstić information content (AvgIpc) is 3.22. The van der Waals surface area contributed by atoms with Crippen molar-refractivity contribution >= 4 is 5.95 Å². The van der Waals surface area contributed by atoms with E-state index < -0.39 is 0 Å². The SMILES string of the molecule is Cc1ccc(-c2ccnc(NCc3cccc(-c4nn[nH]n4)c3)n2)c(C)n1. The molecule has 0 radical (unpaired) electrons. The number of aromatic amines is 1. The summed E-state index contributed by atoms with van der Waals surface area (Å²) in [7, 11) is 0.